The van der Waals surface area contributed by atoms with Gasteiger partial charge in [0.25, 0.3) is 0 Å². The van der Waals surface area contributed by atoms with Crippen LogP contribution in [-0.2, 0) is 11.3 Å². The summed E-state index contributed by atoms with van der Waals surface area (Å²) in [6, 6.07) is 3.99. The number of hydrogen-bond donors (Lipinski definition) is 0. The maximum Gasteiger partial charge on any atom is 0.0887 e. The second-order valence-corrected chi connectivity index (χ2v) is 5.69. The van der Waals surface area contributed by atoms with Crippen LogP contribution in [-0.4, -0.2) is 36.1 Å². The monoisotopic (exact) mass is 312 g/mol. The van der Waals surface area contributed by atoms with Gasteiger partial charge in [0, 0.05) is 23.8 Å². The Bertz CT molecular complexity index is 336. The quantitative estimate of drug-likeness (QED) is 0.754. The minimum atomic E-state index is 0.618. The molecule has 100 valence electrons. The highest BCUT2D eigenvalue weighted by Crippen LogP contribution is 2.10. The average molecular weight is 313 g/mol. The molecule has 0 radical (unpaired) electrons. The van der Waals surface area contributed by atoms with Crippen LogP contribution in [0.5, 0.6) is 0 Å². The van der Waals surface area contributed by atoms with E-state index in [9.17, 15) is 0 Å². The van der Waals surface area contributed by atoms with Gasteiger partial charge in [0.05, 0.1) is 12.3 Å². The third-order valence-corrected chi connectivity index (χ3v) is 3.72. The lowest BCUT2D eigenvalue weighted by molar-refractivity contribution is 0.103. The van der Waals surface area contributed by atoms with Gasteiger partial charge in [0.2, 0.25) is 0 Å². The number of ether oxygens (including phenoxy) is 1. The van der Waals surface area contributed by atoms with Crippen molar-refractivity contribution in [1.29, 1.82) is 0 Å². The van der Waals surface area contributed by atoms with Crippen LogP contribution in [0.1, 0.15) is 31.4 Å². The third-order valence-electron chi connectivity index (χ3n) is 3.25. The van der Waals surface area contributed by atoms with Crippen molar-refractivity contribution in [2.75, 3.05) is 26.2 Å². The Hall–Kier alpha value is -0.450. The molecule has 2 heterocycles. The van der Waals surface area contributed by atoms with Crippen LogP contribution in [0.4, 0.5) is 0 Å². The first-order chi connectivity index (χ1) is 8.84. The summed E-state index contributed by atoms with van der Waals surface area (Å²) in [7, 11) is 0. The molecule has 0 aliphatic carbocycles. The molecule has 0 spiro atoms. The fraction of sp³-hybridized carbons (Fsp3) is 0.643. The Morgan fingerprint density at radius 1 is 1.22 bits per heavy atom. The van der Waals surface area contributed by atoms with Gasteiger partial charge in [0.1, 0.15) is 0 Å². The Balaban J connectivity index is 1.54. The van der Waals surface area contributed by atoms with E-state index in [0.29, 0.717) is 6.61 Å². The Labute approximate surface area is 118 Å². The van der Waals surface area contributed by atoms with Crippen LogP contribution in [0.25, 0.3) is 0 Å². The molecule has 1 fully saturated rings. The van der Waals surface area contributed by atoms with Gasteiger partial charge in [-0.25, -0.2) is 0 Å². The number of rotatable bonds is 6. The lowest BCUT2D eigenvalue weighted by Crippen LogP contribution is -2.31. The molecule has 1 saturated heterocycles. The van der Waals surface area contributed by atoms with E-state index in [1.165, 1.54) is 38.9 Å². The molecule has 0 amide bonds. The highest BCUT2D eigenvalue weighted by Gasteiger charge is 2.08. The molecule has 18 heavy (non-hydrogen) atoms. The zero-order chi connectivity index (χ0) is 12.6. The van der Waals surface area contributed by atoms with Crippen LogP contribution < -0.4 is 0 Å². The molecule has 2 rings (SSSR count). The topological polar surface area (TPSA) is 25.4 Å². The number of likely N-dealkylation sites (tertiary alicyclic amines) is 1. The third kappa shape index (κ3) is 5.04. The van der Waals surface area contributed by atoms with Crippen molar-refractivity contribution in [2.45, 2.75) is 32.3 Å². The zero-order valence-electron chi connectivity index (χ0n) is 10.8. The van der Waals surface area contributed by atoms with Crippen molar-refractivity contribution in [2.24, 2.45) is 0 Å². The molecule has 0 unspecified atom stereocenters. The van der Waals surface area contributed by atoms with E-state index >= 15 is 0 Å². The summed E-state index contributed by atoms with van der Waals surface area (Å²) in [6.07, 6.45) is 7.07. The highest BCUT2D eigenvalue weighted by atomic mass is 79.9. The average Bonchev–Trinajstić information content (AvgIpc) is 2.42. The molecule has 1 aromatic rings. The smallest absolute Gasteiger partial charge is 0.0887 e. The van der Waals surface area contributed by atoms with Crippen molar-refractivity contribution in [3.05, 3.63) is 28.5 Å². The van der Waals surface area contributed by atoms with Crippen molar-refractivity contribution >= 4 is 15.9 Å². The van der Waals surface area contributed by atoms with E-state index in [1.54, 1.807) is 0 Å². The summed E-state index contributed by atoms with van der Waals surface area (Å²) < 4.78 is 6.66. The van der Waals surface area contributed by atoms with Crippen LogP contribution in [0.2, 0.25) is 0 Å². The molecule has 0 bridgehead atoms. The highest BCUT2D eigenvalue weighted by molar-refractivity contribution is 9.10. The molecule has 0 aromatic carbocycles. The second-order valence-electron chi connectivity index (χ2n) is 4.78. The Kier molecular flexibility index (Phi) is 6.11. The summed E-state index contributed by atoms with van der Waals surface area (Å²) in [5.74, 6) is 0. The summed E-state index contributed by atoms with van der Waals surface area (Å²) in [4.78, 5) is 6.83. The molecule has 1 aliphatic heterocycles. The van der Waals surface area contributed by atoms with Gasteiger partial charge in [-0.05, 0) is 60.4 Å². The SMILES string of the molecule is Brc1ccc(COCCCN2CCCCC2)nc1. The van der Waals surface area contributed by atoms with Crippen molar-refractivity contribution < 1.29 is 4.74 Å². The fourth-order valence-corrected chi connectivity index (χ4v) is 2.48. The summed E-state index contributed by atoms with van der Waals surface area (Å²) >= 11 is 3.37. The standard InChI is InChI=1S/C14H21BrN2O/c15-13-5-6-14(16-11-13)12-18-10-4-9-17-7-2-1-3-8-17/h5-6,11H,1-4,7-10,12H2. The summed E-state index contributed by atoms with van der Waals surface area (Å²) in [5.41, 5.74) is 0.996. The minimum absolute atomic E-state index is 0.618. The fourth-order valence-electron chi connectivity index (χ4n) is 2.24. The van der Waals surface area contributed by atoms with Gasteiger partial charge < -0.3 is 9.64 Å². The molecule has 4 heteroatoms. The zero-order valence-corrected chi connectivity index (χ0v) is 12.4. The summed E-state index contributed by atoms with van der Waals surface area (Å²) in [5, 5.41) is 0. The molecular weight excluding hydrogens is 292 g/mol. The van der Waals surface area contributed by atoms with Crippen molar-refractivity contribution in [3.63, 3.8) is 0 Å². The first-order valence-electron chi connectivity index (χ1n) is 6.75. The molecule has 1 aromatic heterocycles. The van der Waals surface area contributed by atoms with Gasteiger partial charge in [-0.2, -0.15) is 0 Å². The van der Waals surface area contributed by atoms with E-state index in [2.05, 4.69) is 25.8 Å². The van der Waals surface area contributed by atoms with E-state index < -0.39 is 0 Å². The maximum absolute atomic E-state index is 5.65. The number of aromatic nitrogens is 1. The number of piperidine rings is 1. The Morgan fingerprint density at radius 2 is 2.06 bits per heavy atom. The lowest BCUT2D eigenvalue weighted by atomic mass is 10.1. The number of halogens is 1. The maximum atomic E-state index is 5.65. The second kappa shape index (κ2) is 7.87. The molecular formula is C14H21BrN2O. The van der Waals surface area contributed by atoms with E-state index in [4.69, 9.17) is 4.74 Å². The van der Waals surface area contributed by atoms with E-state index in [0.717, 1.165) is 23.2 Å². The van der Waals surface area contributed by atoms with E-state index in [1.807, 2.05) is 18.3 Å². The molecule has 0 saturated carbocycles. The first-order valence-corrected chi connectivity index (χ1v) is 7.54. The normalized spacial score (nSPS) is 16.9. The molecule has 3 nitrogen and oxygen atoms in total. The van der Waals surface area contributed by atoms with Crippen molar-refractivity contribution in [3.8, 4) is 0 Å². The van der Waals surface area contributed by atoms with Crippen LogP contribution in [0.15, 0.2) is 22.8 Å². The van der Waals surface area contributed by atoms with Gasteiger partial charge >= 0.3 is 0 Å². The van der Waals surface area contributed by atoms with Crippen molar-refractivity contribution in [1.82, 2.24) is 9.88 Å². The summed E-state index contributed by atoms with van der Waals surface area (Å²) in [6.45, 7) is 5.16. The Morgan fingerprint density at radius 3 is 2.78 bits per heavy atom. The predicted molar refractivity (Wildman–Crippen MR) is 76.5 cm³/mol. The van der Waals surface area contributed by atoms with Gasteiger partial charge in [-0.1, -0.05) is 6.42 Å². The number of nitrogens with zero attached hydrogens (tertiary/aromatic N) is 2. The van der Waals surface area contributed by atoms with Crippen LogP contribution in [0, 0.1) is 0 Å². The predicted octanol–water partition coefficient (Wildman–Crippen LogP) is 3.24. The molecule has 0 atom stereocenters. The number of hydrogen-bond acceptors (Lipinski definition) is 3. The largest absolute Gasteiger partial charge is 0.375 e. The number of pyridine rings is 1. The molecule has 0 N–H and O–H groups in total. The lowest BCUT2D eigenvalue weighted by Gasteiger charge is -2.26. The van der Waals surface area contributed by atoms with Gasteiger partial charge in [0.15, 0.2) is 0 Å². The minimum Gasteiger partial charge on any atom is -0.375 e. The molecule has 1 aliphatic rings. The van der Waals surface area contributed by atoms with Gasteiger partial charge in [-0.3, -0.25) is 4.98 Å². The van der Waals surface area contributed by atoms with Crippen LogP contribution >= 0.6 is 15.9 Å². The first kappa shape index (κ1) is 14.0. The van der Waals surface area contributed by atoms with Gasteiger partial charge in [-0.15, -0.1) is 0 Å². The van der Waals surface area contributed by atoms with E-state index in [-0.39, 0.29) is 0 Å². The van der Waals surface area contributed by atoms with Crippen LogP contribution in [0.3, 0.4) is 0 Å².